The van der Waals surface area contributed by atoms with Gasteiger partial charge in [-0.05, 0) is 72.3 Å². The first-order chi connectivity index (χ1) is 20.6. The lowest BCUT2D eigenvalue weighted by Crippen LogP contribution is -2.43. The minimum absolute atomic E-state index is 0.486. The van der Waals surface area contributed by atoms with E-state index in [0.717, 1.165) is 68.9 Å². The van der Waals surface area contributed by atoms with Crippen LogP contribution < -0.4 is 11.1 Å². The highest BCUT2D eigenvalue weighted by Gasteiger charge is 2.28. The van der Waals surface area contributed by atoms with Gasteiger partial charge in [-0.3, -0.25) is 14.9 Å². The van der Waals surface area contributed by atoms with E-state index in [0.29, 0.717) is 19.8 Å². The molecule has 42 heavy (non-hydrogen) atoms. The summed E-state index contributed by atoms with van der Waals surface area (Å²) in [7, 11) is 0. The van der Waals surface area contributed by atoms with Crippen molar-refractivity contribution in [3.8, 4) is 0 Å². The molecule has 0 saturated carbocycles. The molecule has 0 unspecified atom stereocenters. The molecule has 0 aliphatic carbocycles. The zero-order valence-electron chi connectivity index (χ0n) is 26.4. The molecule has 2 aliphatic rings. The number of hydrogen-bond acceptors (Lipinski definition) is 4. The van der Waals surface area contributed by atoms with Crippen LogP contribution in [0.25, 0.3) is 0 Å². The molecule has 0 spiro atoms. The van der Waals surface area contributed by atoms with Crippen LogP contribution in [0.2, 0.25) is 0 Å². The molecule has 3 rings (SSSR count). The van der Waals surface area contributed by atoms with E-state index >= 15 is 0 Å². The molecule has 0 bridgehead atoms. The number of benzene rings is 1. The van der Waals surface area contributed by atoms with E-state index in [-0.39, 0.29) is 0 Å². The van der Waals surface area contributed by atoms with E-state index in [2.05, 4.69) is 52.7 Å². The Bertz CT molecular complexity index is 1120. The van der Waals surface area contributed by atoms with Crippen molar-refractivity contribution >= 4 is 17.9 Å². The molecule has 0 aromatic heterocycles. The predicted molar refractivity (Wildman–Crippen MR) is 174 cm³/mol. The van der Waals surface area contributed by atoms with Gasteiger partial charge in [-0.1, -0.05) is 32.9 Å². The molecule has 0 saturated heterocycles. The van der Waals surface area contributed by atoms with Crippen LogP contribution in [0.4, 0.5) is 0 Å². The zero-order valence-corrected chi connectivity index (χ0v) is 26.4. The smallest absolute Gasteiger partial charge is 0.336 e. The highest BCUT2D eigenvalue weighted by atomic mass is 16.5. The second kappa shape index (κ2) is 19.1. The standard InChI is InChI=1S/C35H55N5O2/c1-4-7-18-39(20-11-16-36)35(6-3)42-29-33-25-31(24-32(26-33)28-41-23-15-30(5-2)14-17-37)27-40-22-12-21-38-19-10-8-9-13-34(38)40/h5,14-15,17,23-26,37H,2,4,6-13,16,18-22,27-29,36H2,1,3H3/q+2/p+1/b23-15-,30-14-,37-17?,39-35?. The average molecular weight is 579 g/mol. The van der Waals surface area contributed by atoms with Gasteiger partial charge in [0.1, 0.15) is 32.8 Å². The Hall–Kier alpha value is -3.19. The van der Waals surface area contributed by atoms with Crippen LogP contribution in [-0.4, -0.2) is 71.3 Å². The molecule has 1 aromatic carbocycles. The number of allylic oxidation sites excluding steroid dienone is 4. The molecule has 2 heterocycles. The van der Waals surface area contributed by atoms with Crippen molar-refractivity contribution in [2.45, 2.75) is 91.4 Å². The van der Waals surface area contributed by atoms with Gasteiger partial charge in [0.25, 0.3) is 0 Å². The highest BCUT2D eigenvalue weighted by molar-refractivity contribution is 5.78. The maximum atomic E-state index is 6.52. The molecule has 0 atom stereocenters. The first-order valence-electron chi connectivity index (χ1n) is 16.2. The SMILES string of the molecule is C=CC(/C=C\OCc1cc(COC(CC)=[N+](CCCC)CCCN)cc(CN2CCC[N+]3=C2CCCCC3)c1)=C/C=[NH2+]. The second-order valence-electron chi connectivity index (χ2n) is 11.3. The van der Waals surface area contributed by atoms with Crippen LogP contribution in [0.3, 0.4) is 0 Å². The zero-order chi connectivity index (χ0) is 30.0. The maximum Gasteiger partial charge on any atom is 0.336 e. The van der Waals surface area contributed by atoms with Crippen LogP contribution in [0.15, 0.2) is 54.8 Å². The van der Waals surface area contributed by atoms with Crippen LogP contribution in [0.5, 0.6) is 0 Å². The third kappa shape index (κ3) is 10.9. The number of nitrogens with two attached hydrogens (primary N) is 2. The number of hydrogen-bond donors (Lipinski definition) is 2. The Morgan fingerprint density at radius 2 is 1.81 bits per heavy atom. The van der Waals surface area contributed by atoms with Crippen LogP contribution in [0, 0.1) is 0 Å². The number of ether oxygens (including phenoxy) is 2. The summed E-state index contributed by atoms with van der Waals surface area (Å²) in [5, 5.41) is 5.53. The first-order valence-corrected chi connectivity index (χ1v) is 16.2. The van der Waals surface area contributed by atoms with Crippen molar-refractivity contribution in [2.75, 3.05) is 39.3 Å². The summed E-state index contributed by atoms with van der Waals surface area (Å²) in [6.07, 6.45) is 19.2. The molecule has 7 nitrogen and oxygen atoms in total. The van der Waals surface area contributed by atoms with Crippen molar-refractivity contribution in [1.29, 1.82) is 0 Å². The molecule has 0 amide bonds. The van der Waals surface area contributed by atoms with Gasteiger partial charge in [-0.25, -0.2) is 4.58 Å². The molecule has 4 N–H and O–H groups in total. The fourth-order valence-corrected chi connectivity index (χ4v) is 5.87. The van der Waals surface area contributed by atoms with Gasteiger partial charge in [-0.15, -0.1) is 0 Å². The summed E-state index contributed by atoms with van der Waals surface area (Å²) in [5.41, 5.74) is 10.4. The van der Waals surface area contributed by atoms with Gasteiger partial charge in [0.15, 0.2) is 6.21 Å². The first kappa shape index (κ1) is 33.3. The van der Waals surface area contributed by atoms with Crippen molar-refractivity contribution in [1.82, 2.24) is 4.90 Å². The lowest BCUT2D eigenvalue weighted by molar-refractivity contribution is -0.539. The minimum atomic E-state index is 0.486. The Labute approximate surface area is 254 Å². The summed E-state index contributed by atoms with van der Waals surface area (Å²) in [5.74, 6) is 2.60. The quantitative estimate of drug-likeness (QED) is 0.0948. The normalized spacial score (nSPS) is 16.6. The maximum absolute atomic E-state index is 6.52. The van der Waals surface area contributed by atoms with Gasteiger partial charge in [0.2, 0.25) is 5.84 Å². The van der Waals surface area contributed by atoms with Crippen LogP contribution in [-0.2, 0) is 29.2 Å². The van der Waals surface area contributed by atoms with E-state index < -0.39 is 0 Å². The Morgan fingerprint density at radius 3 is 2.55 bits per heavy atom. The number of nitrogens with zero attached hydrogens (tertiary/aromatic N) is 3. The molecule has 0 fully saturated rings. The monoisotopic (exact) mass is 578 g/mol. The number of rotatable bonds is 17. The Morgan fingerprint density at radius 1 is 1.05 bits per heavy atom. The fourth-order valence-electron chi connectivity index (χ4n) is 5.87. The summed E-state index contributed by atoms with van der Waals surface area (Å²) in [6.45, 7) is 16.4. The van der Waals surface area contributed by atoms with Crippen LogP contribution in [0.1, 0.15) is 88.3 Å². The van der Waals surface area contributed by atoms with E-state index in [9.17, 15) is 0 Å². The van der Waals surface area contributed by atoms with Gasteiger partial charge < -0.3 is 15.2 Å². The third-order valence-electron chi connectivity index (χ3n) is 8.01. The van der Waals surface area contributed by atoms with E-state index in [1.807, 2.05) is 6.08 Å². The molecule has 230 valence electrons. The molecule has 2 aliphatic heterocycles. The van der Waals surface area contributed by atoms with Gasteiger partial charge in [0, 0.05) is 31.8 Å². The van der Waals surface area contributed by atoms with Gasteiger partial charge in [-0.2, -0.15) is 0 Å². The average Bonchev–Trinajstić information content (AvgIpc) is 3.26. The van der Waals surface area contributed by atoms with Crippen molar-refractivity contribution < 1.29 is 24.0 Å². The lowest BCUT2D eigenvalue weighted by Gasteiger charge is -2.26. The highest BCUT2D eigenvalue weighted by Crippen LogP contribution is 2.20. The minimum Gasteiger partial charge on any atom is -0.496 e. The lowest BCUT2D eigenvalue weighted by atomic mass is 10.0. The van der Waals surface area contributed by atoms with E-state index in [4.69, 9.17) is 20.6 Å². The largest absolute Gasteiger partial charge is 0.496 e. The van der Waals surface area contributed by atoms with Gasteiger partial charge >= 0.3 is 5.90 Å². The number of amidine groups is 1. The molecule has 0 radical (unpaired) electrons. The van der Waals surface area contributed by atoms with Crippen molar-refractivity contribution in [3.63, 3.8) is 0 Å². The number of unbranched alkanes of at least 4 members (excludes halogenated alkanes) is 1. The molecular formula is C35H56N5O2+3. The van der Waals surface area contributed by atoms with Crippen molar-refractivity contribution in [2.24, 2.45) is 5.73 Å². The third-order valence-corrected chi connectivity index (χ3v) is 8.01. The van der Waals surface area contributed by atoms with Crippen molar-refractivity contribution in [3.05, 3.63) is 71.5 Å². The molecule has 1 aromatic rings. The summed E-state index contributed by atoms with van der Waals surface area (Å²) in [6, 6.07) is 6.85. The Balaban J connectivity index is 1.83. The molecular weight excluding hydrogens is 522 g/mol. The summed E-state index contributed by atoms with van der Waals surface area (Å²) >= 11 is 0. The van der Waals surface area contributed by atoms with E-state index in [1.54, 1.807) is 18.4 Å². The molecule has 7 heteroatoms. The summed E-state index contributed by atoms with van der Waals surface area (Å²) < 4.78 is 17.5. The van der Waals surface area contributed by atoms with Gasteiger partial charge in [0.05, 0.1) is 32.3 Å². The fraction of sp³-hybridized carbons (Fsp3) is 0.571. The Kier molecular flexibility index (Phi) is 15.1. The van der Waals surface area contributed by atoms with E-state index in [1.165, 1.54) is 68.4 Å². The van der Waals surface area contributed by atoms with Crippen LogP contribution >= 0.6 is 0 Å². The second-order valence-corrected chi connectivity index (χ2v) is 11.3. The predicted octanol–water partition coefficient (Wildman–Crippen LogP) is 4.34. The topological polar surface area (TPSA) is 79.3 Å². The summed E-state index contributed by atoms with van der Waals surface area (Å²) in [4.78, 5) is 2.62.